The molecule has 0 amide bonds. The van der Waals surface area contributed by atoms with Crippen molar-refractivity contribution in [1.82, 2.24) is 14.9 Å². The number of anilines is 2. The summed E-state index contributed by atoms with van der Waals surface area (Å²) < 4.78 is 5.33. The van der Waals surface area contributed by atoms with E-state index >= 15 is 0 Å². The van der Waals surface area contributed by atoms with Crippen LogP contribution < -0.4 is 10.2 Å². The summed E-state index contributed by atoms with van der Waals surface area (Å²) >= 11 is 0. The van der Waals surface area contributed by atoms with Gasteiger partial charge in [0.25, 0.3) is 0 Å². The second kappa shape index (κ2) is 10.1. The van der Waals surface area contributed by atoms with Crippen LogP contribution in [0.3, 0.4) is 0 Å². The van der Waals surface area contributed by atoms with Crippen LogP contribution >= 0.6 is 0 Å². The van der Waals surface area contributed by atoms with Crippen LogP contribution in [0.15, 0.2) is 6.33 Å². The summed E-state index contributed by atoms with van der Waals surface area (Å²) in [5.41, 5.74) is -0.0486. The number of unbranched alkanes of at least 4 members (excludes halogenated alkanes) is 1. The van der Waals surface area contributed by atoms with Gasteiger partial charge in [-0.25, -0.2) is 9.97 Å². The van der Waals surface area contributed by atoms with Crippen molar-refractivity contribution in [3.05, 3.63) is 16.4 Å². The highest BCUT2D eigenvalue weighted by Crippen LogP contribution is 2.31. The molecule has 25 heavy (non-hydrogen) atoms. The smallest absolute Gasteiger partial charge is 0.353 e. The lowest BCUT2D eigenvalue weighted by Gasteiger charge is -2.26. The van der Waals surface area contributed by atoms with Gasteiger partial charge in [-0.2, -0.15) is 0 Å². The van der Waals surface area contributed by atoms with E-state index in [-0.39, 0.29) is 5.69 Å². The third-order valence-corrected chi connectivity index (χ3v) is 4.24. The molecule has 1 aromatic heterocycles. The SMILES string of the molecule is CCCCN(C)c1ncnc(NCCCN2CCOCC2)c1[N+](=O)[O-]. The fourth-order valence-corrected chi connectivity index (χ4v) is 2.78. The minimum absolute atomic E-state index is 0.0486. The first-order valence-corrected chi connectivity index (χ1v) is 8.88. The predicted octanol–water partition coefficient (Wildman–Crippen LogP) is 1.76. The minimum atomic E-state index is -0.401. The molecule has 1 aliphatic heterocycles. The Hall–Kier alpha value is -2.00. The van der Waals surface area contributed by atoms with Crippen LogP contribution in [0.4, 0.5) is 17.3 Å². The Bertz CT molecular complexity index is 551. The molecule has 2 rings (SSSR count). The van der Waals surface area contributed by atoms with Gasteiger partial charge in [-0.3, -0.25) is 15.0 Å². The molecule has 0 aliphatic carbocycles. The number of nitrogens with zero attached hydrogens (tertiary/aromatic N) is 5. The van der Waals surface area contributed by atoms with Gasteiger partial charge in [0.2, 0.25) is 11.6 Å². The topological polar surface area (TPSA) is 96.7 Å². The number of nitro groups is 1. The molecule has 0 bridgehead atoms. The van der Waals surface area contributed by atoms with E-state index in [1.807, 2.05) is 11.9 Å². The van der Waals surface area contributed by atoms with Crippen LogP contribution in [0.5, 0.6) is 0 Å². The van der Waals surface area contributed by atoms with Crippen molar-refractivity contribution in [1.29, 1.82) is 0 Å². The summed E-state index contributed by atoms with van der Waals surface area (Å²) in [6.45, 7) is 7.83. The van der Waals surface area contributed by atoms with E-state index in [4.69, 9.17) is 4.74 Å². The molecule has 0 aromatic carbocycles. The molecule has 140 valence electrons. The summed E-state index contributed by atoms with van der Waals surface area (Å²) in [6.07, 6.45) is 4.26. The maximum Gasteiger partial charge on any atom is 0.353 e. The molecule has 1 fully saturated rings. The van der Waals surface area contributed by atoms with Crippen LogP contribution in [-0.4, -0.2) is 72.8 Å². The van der Waals surface area contributed by atoms with Gasteiger partial charge in [0.05, 0.1) is 18.1 Å². The largest absolute Gasteiger partial charge is 0.379 e. The second-order valence-electron chi connectivity index (χ2n) is 6.16. The van der Waals surface area contributed by atoms with Gasteiger partial charge in [0.15, 0.2) is 0 Å². The van der Waals surface area contributed by atoms with E-state index in [0.29, 0.717) is 18.2 Å². The van der Waals surface area contributed by atoms with Crippen LogP contribution in [0.1, 0.15) is 26.2 Å². The van der Waals surface area contributed by atoms with Gasteiger partial charge in [-0.05, 0) is 19.4 Å². The van der Waals surface area contributed by atoms with Crippen LogP contribution in [0.2, 0.25) is 0 Å². The number of ether oxygens (including phenoxy) is 1. The van der Waals surface area contributed by atoms with Crippen molar-refractivity contribution < 1.29 is 9.66 Å². The van der Waals surface area contributed by atoms with E-state index in [1.165, 1.54) is 6.33 Å². The minimum Gasteiger partial charge on any atom is -0.379 e. The van der Waals surface area contributed by atoms with Gasteiger partial charge >= 0.3 is 5.69 Å². The molecule has 1 aromatic rings. The maximum atomic E-state index is 11.5. The fraction of sp³-hybridized carbons (Fsp3) is 0.750. The molecule has 9 nitrogen and oxygen atoms in total. The van der Waals surface area contributed by atoms with Crippen LogP contribution in [0.25, 0.3) is 0 Å². The zero-order valence-electron chi connectivity index (χ0n) is 15.1. The average molecular weight is 352 g/mol. The Balaban J connectivity index is 1.95. The lowest BCUT2D eigenvalue weighted by molar-refractivity contribution is -0.383. The number of aromatic nitrogens is 2. The molecule has 2 heterocycles. The Labute approximate surface area is 148 Å². The molecular formula is C16H28N6O3. The quantitative estimate of drug-likeness (QED) is 0.386. The first kappa shape index (κ1) is 19.3. The molecule has 1 aliphatic rings. The third-order valence-electron chi connectivity index (χ3n) is 4.24. The summed E-state index contributed by atoms with van der Waals surface area (Å²) in [4.78, 5) is 23.5. The Morgan fingerprint density at radius 2 is 2.12 bits per heavy atom. The molecule has 9 heteroatoms. The monoisotopic (exact) mass is 352 g/mol. The van der Waals surface area contributed by atoms with Crippen molar-refractivity contribution >= 4 is 17.3 Å². The molecule has 0 radical (unpaired) electrons. The summed E-state index contributed by atoms with van der Waals surface area (Å²) in [6, 6.07) is 0. The Morgan fingerprint density at radius 3 is 2.80 bits per heavy atom. The molecule has 0 unspecified atom stereocenters. The number of rotatable bonds is 10. The van der Waals surface area contributed by atoms with Crippen molar-refractivity contribution in [2.45, 2.75) is 26.2 Å². The van der Waals surface area contributed by atoms with Crippen molar-refractivity contribution in [2.24, 2.45) is 0 Å². The molecule has 0 spiro atoms. The zero-order valence-corrected chi connectivity index (χ0v) is 15.1. The van der Waals surface area contributed by atoms with Gasteiger partial charge in [0.1, 0.15) is 6.33 Å². The lowest BCUT2D eigenvalue weighted by Crippen LogP contribution is -2.37. The van der Waals surface area contributed by atoms with Crippen LogP contribution in [-0.2, 0) is 4.74 Å². The van der Waals surface area contributed by atoms with E-state index in [0.717, 1.165) is 58.7 Å². The van der Waals surface area contributed by atoms with Gasteiger partial charge < -0.3 is 15.0 Å². The van der Waals surface area contributed by atoms with Gasteiger partial charge in [-0.15, -0.1) is 0 Å². The number of hydrogen-bond donors (Lipinski definition) is 1. The zero-order chi connectivity index (χ0) is 18.1. The molecule has 1 saturated heterocycles. The molecular weight excluding hydrogens is 324 g/mol. The second-order valence-corrected chi connectivity index (χ2v) is 6.16. The standard InChI is InChI=1S/C16H28N6O3/c1-3-4-7-20(2)16-14(22(23)24)15(18-13-19-16)17-6-5-8-21-9-11-25-12-10-21/h13H,3-12H2,1-2H3,(H,17,18,19). The fourth-order valence-electron chi connectivity index (χ4n) is 2.78. The van der Waals surface area contributed by atoms with Crippen molar-refractivity contribution in [3.8, 4) is 0 Å². The first-order valence-electron chi connectivity index (χ1n) is 8.88. The first-order chi connectivity index (χ1) is 12.1. The number of morpholine rings is 1. The summed E-state index contributed by atoms with van der Waals surface area (Å²) in [5.74, 6) is 0.657. The number of hydrogen-bond acceptors (Lipinski definition) is 8. The molecule has 1 N–H and O–H groups in total. The predicted molar refractivity (Wildman–Crippen MR) is 97.2 cm³/mol. The highest BCUT2D eigenvalue weighted by Gasteiger charge is 2.25. The normalized spacial score (nSPS) is 15.1. The van der Waals surface area contributed by atoms with E-state index in [2.05, 4.69) is 27.1 Å². The van der Waals surface area contributed by atoms with Crippen molar-refractivity contribution in [3.63, 3.8) is 0 Å². The van der Waals surface area contributed by atoms with E-state index < -0.39 is 4.92 Å². The highest BCUT2D eigenvalue weighted by atomic mass is 16.6. The lowest BCUT2D eigenvalue weighted by atomic mass is 10.3. The van der Waals surface area contributed by atoms with E-state index in [1.54, 1.807) is 0 Å². The average Bonchev–Trinajstić information content (AvgIpc) is 2.63. The number of nitrogens with one attached hydrogen (secondary N) is 1. The summed E-state index contributed by atoms with van der Waals surface area (Å²) in [7, 11) is 1.83. The Morgan fingerprint density at radius 1 is 1.36 bits per heavy atom. The molecule has 0 saturated carbocycles. The third kappa shape index (κ3) is 5.79. The van der Waals surface area contributed by atoms with Crippen molar-refractivity contribution in [2.75, 3.05) is 63.2 Å². The van der Waals surface area contributed by atoms with Gasteiger partial charge in [0, 0.05) is 33.2 Å². The Kier molecular flexibility index (Phi) is 7.80. The van der Waals surface area contributed by atoms with Gasteiger partial charge in [-0.1, -0.05) is 13.3 Å². The van der Waals surface area contributed by atoms with E-state index in [9.17, 15) is 10.1 Å². The molecule has 0 atom stereocenters. The van der Waals surface area contributed by atoms with Crippen LogP contribution in [0, 0.1) is 10.1 Å². The maximum absolute atomic E-state index is 11.5. The summed E-state index contributed by atoms with van der Waals surface area (Å²) in [5, 5.41) is 14.6. The highest BCUT2D eigenvalue weighted by molar-refractivity contribution is 5.70.